The summed E-state index contributed by atoms with van der Waals surface area (Å²) in [6.07, 6.45) is 13.2. The zero-order valence-corrected chi connectivity index (χ0v) is 23.3. The average molecular weight is 522 g/mol. The number of hydrogen-bond donors (Lipinski definition) is 4. The van der Waals surface area contributed by atoms with Crippen molar-refractivity contribution in [2.75, 3.05) is 32.9 Å². The second-order valence-corrected chi connectivity index (χ2v) is 10.1. The Morgan fingerprint density at radius 2 is 1.27 bits per heavy atom. The van der Waals surface area contributed by atoms with Crippen LogP contribution in [0.4, 0.5) is 34.1 Å². The van der Waals surface area contributed by atoms with Crippen LogP contribution in [-0.2, 0) is 0 Å². The maximum absolute atomic E-state index is 6.69. The van der Waals surface area contributed by atoms with Crippen molar-refractivity contribution in [3.63, 3.8) is 0 Å². The van der Waals surface area contributed by atoms with Gasteiger partial charge in [-0.1, -0.05) is 101 Å². The number of unbranched alkanes of at least 4 members (excludes halogenated alkanes) is 9. The average Bonchev–Trinajstić information content (AvgIpc) is 2.91. The molecule has 0 heterocycles. The lowest BCUT2D eigenvalue weighted by atomic mass is 10.1. The number of hydrazine groups is 1. The Morgan fingerprint density at radius 3 is 1.86 bits per heavy atom. The first kappa shape index (κ1) is 28.5. The second kappa shape index (κ2) is 15.9. The quantitative estimate of drug-likeness (QED) is 0.0616. The van der Waals surface area contributed by atoms with Gasteiger partial charge in [0.1, 0.15) is 0 Å². The number of rotatable bonds is 17. The van der Waals surface area contributed by atoms with Gasteiger partial charge < -0.3 is 16.4 Å². The van der Waals surface area contributed by atoms with Gasteiger partial charge in [0.15, 0.2) is 0 Å². The Hall–Kier alpha value is -3.05. The van der Waals surface area contributed by atoms with Crippen molar-refractivity contribution in [3.05, 3.63) is 72.3 Å². The van der Waals surface area contributed by atoms with E-state index in [0.717, 1.165) is 47.0 Å². The third kappa shape index (κ3) is 9.40. The van der Waals surface area contributed by atoms with Crippen molar-refractivity contribution >= 4 is 45.9 Å². The van der Waals surface area contributed by atoms with Crippen LogP contribution in [0.25, 0.3) is 0 Å². The van der Waals surface area contributed by atoms with E-state index in [1.807, 2.05) is 54.6 Å². The van der Waals surface area contributed by atoms with Gasteiger partial charge in [-0.05, 0) is 43.7 Å². The van der Waals surface area contributed by atoms with Crippen LogP contribution in [0, 0.1) is 6.92 Å². The Kier molecular flexibility index (Phi) is 12.3. The van der Waals surface area contributed by atoms with Gasteiger partial charge in [-0.25, -0.2) is 0 Å². The number of benzene rings is 3. The molecule has 5 N–H and O–H groups in total. The van der Waals surface area contributed by atoms with Crippen molar-refractivity contribution in [1.82, 2.24) is 0 Å². The second-order valence-electron chi connectivity index (χ2n) is 9.72. The molecule has 0 unspecified atom stereocenters. The summed E-state index contributed by atoms with van der Waals surface area (Å²) in [6.45, 7) is 5.22. The van der Waals surface area contributed by atoms with E-state index in [0.29, 0.717) is 5.69 Å². The molecule has 0 spiro atoms. The molecule has 3 aromatic carbocycles. The molecular formula is C31H44ClN5. The number of halogens is 1. The summed E-state index contributed by atoms with van der Waals surface area (Å²) in [5.74, 6) is 0. The smallest absolute Gasteiger partial charge is 0.0832 e. The van der Waals surface area contributed by atoms with Gasteiger partial charge in [0.05, 0.1) is 28.4 Å². The molecule has 5 nitrogen and oxygen atoms in total. The molecular weight excluding hydrogens is 478 g/mol. The van der Waals surface area contributed by atoms with E-state index in [2.05, 4.69) is 42.0 Å². The first-order valence-electron chi connectivity index (χ1n) is 13.9. The SMILES string of the molecule is CCCCCCCCCCCCNc1c(N)cc(N(Cl)Nc2ccccc2)c(C)c1Nc1ccccc1. The Bertz CT molecular complexity index is 1040. The Balaban J connectivity index is 1.63. The van der Waals surface area contributed by atoms with E-state index in [1.54, 1.807) is 0 Å². The van der Waals surface area contributed by atoms with Crippen LogP contribution in [0.1, 0.15) is 76.7 Å². The molecule has 0 aromatic heterocycles. The van der Waals surface area contributed by atoms with Gasteiger partial charge in [0, 0.05) is 29.6 Å². The van der Waals surface area contributed by atoms with Gasteiger partial charge in [-0.2, -0.15) is 4.53 Å². The highest BCUT2D eigenvalue weighted by Gasteiger charge is 2.18. The summed E-state index contributed by atoms with van der Waals surface area (Å²) in [4.78, 5) is 0. The maximum atomic E-state index is 6.69. The topological polar surface area (TPSA) is 65.3 Å². The normalized spacial score (nSPS) is 10.8. The van der Waals surface area contributed by atoms with Gasteiger partial charge in [-0.15, -0.1) is 0 Å². The third-order valence-corrected chi connectivity index (χ3v) is 6.94. The molecule has 6 heteroatoms. The summed E-state index contributed by atoms with van der Waals surface area (Å²) in [6, 6.07) is 21.9. The van der Waals surface area contributed by atoms with Crippen molar-refractivity contribution in [2.24, 2.45) is 0 Å². The molecule has 0 fully saturated rings. The highest BCUT2D eigenvalue weighted by atomic mass is 35.5. The number of nitrogen functional groups attached to an aromatic ring is 1. The molecule has 200 valence electrons. The zero-order chi connectivity index (χ0) is 26.3. The lowest BCUT2D eigenvalue weighted by Gasteiger charge is -2.25. The predicted molar refractivity (Wildman–Crippen MR) is 164 cm³/mol. The molecule has 3 aromatic rings. The monoisotopic (exact) mass is 521 g/mol. The first-order chi connectivity index (χ1) is 18.1. The zero-order valence-electron chi connectivity index (χ0n) is 22.5. The number of nitrogens with two attached hydrogens (primary N) is 1. The number of nitrogens with zero attached hydrogens (tertiary/aromatic N) is 1. The standard InChI is InChI=1S/C31H44ClN5/c1-3-4-5-6-7-8-9-10-11-18-23-34-31-28(33)24-29(37(32)36-27-21-16-13-17-22-27)25(2)30(31)35-26-19-14-12-15-20-26/h12-17,19-22,24,34-36H,3-11,18,23,33H2,1-2H3. The van der Waals surface area contributed by atoms with Crippen LogP contribution in [0.5, 0.6) is 0 Å². The molecule has 0 amide bonds. The Morgan fingerprint density at radius 1 is 0.730 bits per heavy atom. The summed E-state index contributed by atoms with van der Waals surface area (Å²) >= 11 is 6.69. The molecule has 0 atom stereocenters. The van der Waals surface area contributed by atoms with Crippen molar-refractivity contribution in [3.8, 4) is 0 Å². The number of nitrogens with one attached hydrogen (secondary N) is 3. The van der Waals surface area contributed by atoms with Gasteiger partial charge >= 0.3 is 0 Å². The van der Waals surface area contributed by atoms with Gasteiger partial charge in [-0.3, -0.25) is 5.43 Å². The van der Waals surface area contributed by atoms with Crippen LogP contribution in [0.3, 0.4) is 0 Å². The van der Waals surface area contributed by atoms with E-state index in [1.165, 1.54) is 62.3 Å². The highest BCUT2D eigenvalue weighted by molar-refractivity contribution is 6.27. The van der Waals surface area contributed by atoms with Crippen molar-refractivity contribution in [2.45, 2.75) is 78.1 Å². The highest BCUT2D eigenvalue weighted by Crippen LogP contribution is 2.41. The third-order valence-electron chi connectivity index (χ3n) is 6.68. The summed E-state index contributed by atoms with van der Waals surface area (Å²) in [7, 11) is 0. The number of anilines is 6. The summed E-state index contributed by atoms with van der Waals surface area (Å²) in [5.41, 5.74) is 16.0. The molecule has 0 saturated carbocycles. The minimum absolute atomic E-state index is 0.659. The molecule has 0 aliphatic rings. The fraction of sp³-hybridized carbons (Fsp3) is 0.419. The largest absolute Gasteiger partial charge is 0.397 e. The van der Waals surface area contributed by atoms with Crippen LogP contribution in [-0.4, -0.2) is 6.54 Å². The van der Waals surface area contributed by atoms with Crippen LogP contribution in [0.15, 0.2) is 66.7 Å². The van der Waals surface area contributed by atoms with E-state index >= 15 is 0 Å². The summed E-state index contributed by atoms with van der Waals surface area (Å²) < 4.78 is 1.50. The molecule has 37 heavy (non-hydrogen) atoms. The first-order valence-corrected chi connectivity index (χ1v) is 14.2. The molecule has 0 aliphatic carbocycles. The minimum Gasteiger partial charge on any atom is -0.397 e. The van der Waals surface area contributed by atoms with E-state index in [9.17, 15) is 0 Å². The fourth-order valence-corrected chi connectivity index (χ4v) is 4.79. The number of hydrogen-bond acceptors (Lipinski definition) is 5. The Labute approximate surface area is 228 Å². The van der Waals surface area contributed by atoms with Crippen LogP contribution in [0.2, 0.25) is 0 Å². The van der Waals surface area contributed by atoms with Crippen molar-refractivity contribution < 1.29 is 0 Å². The lowest BCUT2D eigenvalue weighted by Crippen LogP contribution is -2.20. The molecule has 0 radical (unpaired) electrons. The number of para-hydroxylation sites is 2. The summed E-state index contributed by atoms with van der Waals surface area (Å²) in [5, 5.41) is 7.19. The van der Waals surface area contributed by atoms with E-state index in [4.69, 9.17) is 17.5 Å². The maximum Gasteiger partial charge on any atom is 0.0832 e. The molecule has 0 aliphatic heterocycles. The van der Waals surface area contributed by atoms with Crippen LogP contribution < -0.4 is 26.3 Å². The molecule has 3 rings (SSSR count). The van der Waals surface area contributed by atoms with Gasteiger partial charge in [0.25, 0.3) is 0 Å². The van der Waals surface area contributed by atoms with Gasteiger partial charge in [0.2, 0.25) is 0 Å². The van der Waals surface area contributed by atoms with E-state index < -0.39 is 0 Å². The fourth-order valence-electron chi connectivity index (χ4n) is 4.52. The molecule has 0 bridgehead atoms. The van der Waals surface area contributed by atoms with Crippen LogP contribution >= 0.6 is 11.8 Å². The van der Waals surface area contributed by atoms with E-state index in [-0.39, 0.29) is 0 Å². The minimum atomic E-state index is 0.659. The lowest BCUT2D eigenvalue weighted by molar-refractivity contribution is 0.560. The molecule has 0 saturated heterocycles. The van der Waals surface area contributed by atoms with Crippen molar-refractivity contribution in [1.29, 1.82) is 0 Å². The predicted octanol–water partition coefficient (Wildman–Crippen LogP) is 9.64.